The molecule has 0 bridgehead atoms. The van der Waals surface area contributed by atoms with Gasteiger partial charge >= 0.3 is 0 Å². The fraction of sp³-hybridized carbons (Fsp3) is 0.786. The Morgan fingerprint density at radius 2 is 1.84 bits per heavy atom. The van der Waals surface area contributed by atoms with E-state index >= 15 is 0 Å². The summed E-state index contributed by atoms with van der Waals surface area (Å²) in [4.78, 5) is 11.1. The Kier molecular flexibility index (Phi) is 4.93. The smallest absolute Gasteiger partial charge is 0.107 e. The van der Waals surface area contributed by atoms with Crippen LogP contribution >= 0.6 is 24.0 Å². The zero-order chi connectivity index (χ0) is 14.0. The average Bonchev–Trinajstić information content (AvgIpc) is 2.75. The van der Waals surface area contributed by atoms with Crippen LogP contribution in [0.5, 0.6) is 0 Å². The van der Waals surface area contributed by atoms with Gasteiger partial charge in [0.2, 0.25) is 0 Å². The van der Waals surface area contributed by atoms with Crippen molar-refractivity contribution in [3.05, 3.63) is 15.6 Å². The van der Waals surface area contributed by atoms with Gasteiger partial charge in [-0.2, -0.15) is 12.6 Å². The van der Waals surface area contributed by atoms with E-state index in [0.717, 1.165) is 38.5 Å². The van der Waals surface area contributed by atoms with Crippen LogP contribution in [0, 0.1) is 0 Å². The lowest BCUT2D eigenvalue weighted by Crippen LogP contribution is -2.43. The summed E-state index contributed by atoms with van der Waals surface area (Å²) in [5.74, 6) is 0.799. The summed E-state index contributed by atoms with van der Waals surface area (Å²) in [7, 11) is 2.19. The first kappa shape index (κ1) is 15.3. The minimum absolute atomic E-state index is 0.120. The standard InChI is InChI=1S/C14H25N3S2/c1-14(2,3)13-11(10-18)19-12(15-13)9-17-7-5-16(4)6-8-17/h18H,5-10H2,1-4H3. The molecule has 0 aliphatic carbocycles. The molecule has 0 saturated carbocycles. The molecular formula is C14H25N3S2. The van der Waals surface area contributed by atoms with E-state index in [1.54, 1.807) is 0 Å². The van der Waals surface area contributed by atoms with E-state index in [1.165, 1.54) is 15.6 Å². The maximum Gasteiger partial charge on any atom is 0.107 e. The van der Waals surface area contributed by atoms with Crippen LogP contribution in [0.25, 0.3) is 0 Å². The van der Waals surface area contributed by atoms with Crippen LogP contribution in [-0.2, 0) is 17.7 Å². The van der Waals surface area contributed by atoms with Crippen molar-refractivity contribution in [2.45, 2.75) is 38.5 Å². The zero-order valence-electron chi connectivity index (χ0n) is 12.4. The molecule has 0 aromatic carbocycles. The first-order valence-corrected chi connectivity index (χ1v) is 8.36. The second-order valence-electron chi connectivity index (χ2n) is 6.37. The van der Waals surface area contributed by atoms with E-state index in [2.05, 4.69) is 50.2 Å². The van der Waals surface area contributed by atoms with Gasteiger partial charge in [0, 0.05) is 42.2 Å². The van der Waals surface area contributed by atoms with Gasteiger partial charge in [-0.15, -0.1) is 11.3 Å². The lowest BCUT2D eigenvalue weighted by Gasteiger charge is -2.31. The summed E-state index contributed by atoms with van der Waals surface area (Å²) in [6.07, 6.45) is 0. The van der Waals surface area contributed by atoms with Crippen LogP contribution in [0.1, 0.15) is 36.3 Å². The molecule has 2 rings (SSSR count). The maximum absolute atomic E-state index is 4.88. The molecule has 5 heteroatoms. The minimum Gasteiger partial charge on any atom is -0.304 e. The predicted molar refractivity (Wildman–Crippen MR) is 86.3 cm³/mol. The van der Waals surface area contributed by atoms with Gasteiger partial charge < -0.3 is 4.90 Å². The van der Waals surface area contributed by atoms with Crippen LogP contribution < -0.4 is 0 Å². The molecule has 0 N–H and O–H groups in total. The average molecular weight is 300 g/mol. The van der Waals surface area contributed by atoms with Crippen molar-refractivity contribution in [3.63, 3.8) is 0 Å². The number of thiazole rings is 1. The van der Waals surface area contributed by atoms with Gasteiger partial charge in [0.15, 0.2) is 0 Å². The van der Waals surface area contributed by atoms with E-state index in [0.29, 0.717) is 0 Å². The Hall–Kier alpha value is -0.100. The molecule has 1 fully saturated rings. The van der Waals surface area contributed by atoms with Crippen molar-refractivity contribution >= 4 is 24.0 Å². The monoisotopic (exact) mass is 299 g/mol. The van der Waals surface area contributed by atoms with E-state index in [4.69, 9.17) is 4.98 Å². The largest absolute Gasteiger partial charge is 0.304 e. The van der Waals surface area contributed by atoms with Gasteiger partial charge in [0.1, 0.15) is 5.01 Å². The number of rotatable bonds is 3. The SMILES string of the molecule is CN1CCN(Cc2nc(C(C)(C)C)c(CS)s2)CC1. The summed E-state index contributed by atoms with van der Waals surface area (Å²) >= 11 is 6.29. The first-order chi connectivity index (χ1) is 8.90. The summed E-state index contributed by atoms with van der Waals surface area (Å²) in [5, 5.41) is 1.25. The van der Waals surface area contributed by atoms with E-state index < -0.39 is 0 Å². The summed E-state index contributed by atoms with van der Waals surface area (Å²) in [6.45, 7) is 12.3. The second-order valence-corrected chi connectivity index (χ2v) is 7.85. The molecule has 1 aromatic heterocycles. The number of hydrogen-bond acceptors (Lipinski definition) is 5. The van der Waals surface area contributed by atoms with Crippen molar-refractivity contribution in [1.82, 2.24) is 14.8 Å². The molecular weight excluding hydrogens is 274 g/mol. The van der Waals surface area contributed by atoms with Gasteiger partial charge in [-0.25, -0.2) is 4.98 Å². The third-order valence-corrected chi connectivity index (χ3v) is 5.12. The first-order valence-electron chi connectivity index (χ1n) is 6.91. The highest BCUT2D eigenvalue weighted by atomic mass is 32.1. The van der Waals surface area contributed by atoms with Crippen LogP contribution in [0.3, 0.4) is 0 Å². The van der Waals surface area contributed by atoms with E-state index in [9.17, 15) is 0 Å². The molecule has 3 nitrogen and oxygen atoms in total. The quantitative estimate of drug-likeness (QED) is 0.866. The van der Waals surface area contributed by atoms with Crippen LogP contribution in [0.15, 0.2) is 0 Å². The summed E-state index contributed by atoms with van der Waals surface area (Å²) in [6, 6.07) is 0. The Labute approximate surface area is 126 Å². The van der Waals surface area contributed by atoms with Crippen molar-refractivity contribution in [3.8, 4) is 0 Å². The number of nitrogens with zero attached hydrogens (tertiary/aromatic N) is 3. The molecule has 108 valence electrons. The predicted octanol–water partition coefficient (Wildman–Crippen LogP) is 2.62. The summed E-state index contributed by atoms with van der Waals surface area (Å²) < 4.78 is 0. The molecule has 19 heavy (non-hydrogen) atoms. The lowest BCUT2D eigenvalue weighted by molar-refractivity contribution is 0.148. The van der Waals surface area contributed by atoms with Gasteiger partial charge in [-0.3, -0.25) is 4.90 Å². The number of thiol groups is 1. The Morgan fingerprint density at radius 1 is 1.21 bits per heavy atom. The highest BCUT2D eigenvalue weighted by Gasteiger charge is 2.23. The van der Waals surface area contributed by atoms with E-state index in [-0.39, 0.29) is 5.41 Å². The van der Waals surface area contributed by atoms with E-state index in [1.807, 2.05) is 11.3 Å². The van der Waals surface area contributed by atoms with Crippen molar-refractivity contribution in [1.29, 1.82) is 0 Å². The number of likely N-dealkylation sites (N-methyl/N-ethyl adjacent to an activating group) is 1. The topological polar surface area (TPSA) is 19.4 Å². The molecule has 0 unspecified atom stereocenters. The number of hydrogen-bond donors (Lipinski definition) is 1. The third-order valence-electron chi connectivity index (χ3n) is 3.55. The number of aromatic nitrogens is 1. The molecule has 0 radical (unpaired) electrons. The lowest BCUT2D eigenvalue weighted by atomic mass is 9.91. The van der Waals surface area contributed by atoms with Crippen molar-refractivity contribution < 1.29 is 0 Å². The Balaban J connectivity index is 2.07. The molecule has 0 amide bonds. The van der Waals surface area contributed by atoms with Gasteiger partial charge in [0.25, 0.3) is 0 Å². The molecule has 2 heterocycles. The summed E-state index contributed by atoms with van der Waals surface area (Å²) in [5.41, 5.74) is 1.35. The van der Waals surface area contributed by atoms with Gasteiger partial charge in [-0.05, 0) is 7.05 Å². The maximum atomic E-state index is 4.88. The molecule has 1 aromatic rings. The van der Waals surface area contributed by atoms with Crippen molar-refractivity contribution in [2.24, 2.45) is 0 Å². The fourth-order valence-corrected chi connectivity index (χ4v) is 3.88. The highest BCUT2D eigenvalue weighted by molar-refractivity contribution is 7.79. The van der Waals surface area contributed by atoms with Gasteiger partial charge in [0.05, 0.1) is 12.2 Å². The molecule has 0 atom stereocenters. The molecule has 1 aliphatic heterocycles. The number of piperazine rings is 1. The van der Waals surface area contributed by atoms with Crippen LogP contribution in [0.2, 0.25) is 0 Å². The third kappa shape index (κ3) is 3.94. The normalized spacial score (nSPS) is 19.0. The fourth-order valence-electron chi connectivity index (χ4n) is 2.36. The second kappa shape index (κ2) is 6.12. The van der Waals surface area contributed by atoms with Gasteiger partial charge in [-0.1, -0.05) is 20.8 Å². The molecule has 1 aliphatic rings. The Bertz CT molecular complexity index is 415. The minimum atomic E-state index is 0.120. The zero-order valence-corrected chi connectivity index (χ0v) is 14.2. The highest BCUT2D eigenvalue weighted by Crippen LogP contribution is 2.31. The van der Waals surface area contributed by atoms with Crippen molar-refractivity contribution in [2.75, 3.05) is 33.2 Å². The Morgan fingerprint density at radius 3 is 2.32 bits per heavy atom. The molecule has 1 saturated heterocycles. The van der Waals surface area contributed by atoms with Crippen LogP contribution in [-0.4, -0.2) is 48.0 Å². The molecule has 0 spiro atoms. The van der Waals surface area contributed by atoms with Crippen LogP contribution in [0.4, 0.5) is 0 Å².